The van der Waals surface area contributed by atoms with Crippen LogP contribution in [0.15, 0.2) is 53.4 Å². The maximum atomic E-state index is 13.2. The van der Waals surface area contributed by atoms with Gasteiger partial charge in [0.05, 0.1) is 0 Å². The van der Waals surface area contributed by atoms with Crippen LogP contribution in [0.5, 0.6) is 0 Å². The molecular weight excluding hydrogens is 311 g/mol. The molecule has 0 radical (unpaired) electrons. The van der Waals surface area contributed by atoms with Gasteiger partial charge >= 0.3 is 0 Å². The smallest absolute Gasteiger partial charge is 0.247 e. The molecular formula is C18H19FN2OS. The fourth-order valence-corrected chi connectivity index (χ4v) is 2.73. The molecule has 1 fully saturated rings. The number of carbonyl (C=O) groups excluding carboxylic acids is 1. The van der Waals surface area contributed by atoms with Crippen LogP contribution < -0.4 is 10.6 Å². The van der Waals surface area contributed by atoms with Crippen LogP contribution in [0.3, 0.4) is 0 Å². The van der Waals surface area contributed by atoms with E-state index in [2.05, 4.69) is 10.6 Å². The van der Waals surface area contributed by atoms with Crippen LogP contribution >= 0.6 is 11.8 Å². The number of hydrogen-bond acceptors (Lipinski definition) is 3. The normalized spacial score (nSPS) is 15.0. The van der Waals surface area contributed by atoms with Crippen LogP contribution in [0, 0.1) is 5.82 Å². The molecule has 1 atom stereocenters. The lowest BCUT2D eigenvalue weighted by atomic mass is 10.1. The number of thioether (sulfide) groups is 1. The number of amides is 1. The first-order chi connectivity index (χ1) is 11.2. The number of anilines is 1. The zero-order valence-corrected chi connectivity index (χ0v) is 13.7. The summed E-state index contributed by atoms with van der Waals surface area (Å²) in [6.07, 6.45) is 4.08. The minimum Gasteiger partial charge on any atom is -0.370 e. The summed E-state index contributed by atoms with van der Waals surface area (Å²) in [6.45, 7) is 0. The number of rotatable bonds is 6. The third-order valence-corrected chi connectivity index (χ3v) is 4.53. The molecule has 3 nitrogen and oxygen atoms in total. The summed E-state index contributed by atoms with van der Waals surface area (Å²) in [5, 5.41) is 6.27. The summed E-state index contributed by atoms with van der Waals surface area (Å²) in [5.41, 5.74) is 1.61. The molecule has 0 bridgehead atoms. The Bertz CT molecular complexity index is 668. The lowest BCUT2D eigenvalue weighted by Crippen LogP contribution is -2.34. The van der Waals surface area contributed by atoms with Gasteiger partial charge in [0.15, 0.2) is 0 Å². The first-order valence-corrected chi connectivity index (χ1v) is 8.84. The van der Waals surface area contributed by atoms with E-state index in [1.54, 1.807) is 23.9 Å². The molecule has 3 rings (SSSR count). The van der Waals surface area contributed by atoms with Crippen molar-refractivity contribution in [1.82, 2.24) is 5.32 Å². The Morgan fingerprint density at radius 1 is 1.13 bits per heavy atom. The van der Waals surface area contributed by atoms with Crippen molar-refractivity contribution in [2.45, 2.75) is 29.8 Å². The van der Waals surface area contributed by atoms with Crippen LogP contribution in [0.2, 0.25) is 0 Å². The molecule has 0 heterocycles. The predicted octanol–water partition coefficient (Wildman–Crippen LogP) is 3.98. The SMILES string of the molecule is CSc1ccc(N[C@@H](C(=O)NC2CC2)c2ccc(F)cc2)cc1. The Hall–Kier alpha value is -2.01. The largest absolute Gasteiger partial charge is 0.370 e. The van der Waals surface area contributed by atoms with Gasteiger partial charge in [-0.2, -0.15) is 0 Å². The minimum absolute atomic E-state index is 0.0759. The highest BCUT2D eigenvalue weighted by atomic mass is 32.2. The Morgan fingerprint density at radius 2 is 1.78 bits per heavy atom. The average molecular weight is 330 g/mol. The standard InChI is InChI=1S/C18H19FN2OS/c1-23-16-10-8-14(9-11-16)20-17(18(22)21-15-6-7-15)12-2-4-13(19)5-3-12/h2-5,8-11,15,17,20H,6-7H2,1H3,(H,21,22)/t17-/m1/s1. The zero-order valence-electron chi connectivity index (χ0n) is 12.9. The fourth-order valence-electron chi connectivity index (χ4n) is 2.32. The summed E-state index contributed by atoms with van der Waals surface area (Å²) in [7, 11) is 0. The molecule has 2 N–H and O–H groups in total. The quantitative estimate of drug-likeness (QED) is 0.787. The Kier molecular flexibility index (Phi) is 4.86. The number of hydrogen-bond donors (Lipinski definition) is 2. The topological polar surface area (TPSA) is 41.1 Å². The van der Waals surface area contributed by atoms with Crippen LogP contribution in [0.4, 0.5) is 10.1 Å². The van der Waals surface area contributed by atoms with Crippen molar-refractivity contribution < 1.29 is 9.18 Å². The highest BCUT2D eigenvalue weighted by molar-refractivity contribution is 7.98. The van der Waals surface area contributed by atoms with Gasteiger partial charge in [0.1, 0.15) is 11.9 Å². The summed E-state index contributed by atoms with van der Waals surface area (Å²) in [5.74, 6) is -0.382. The molecule has 0 aliphatic heterocycles. The maximum absolute atomic E-state index is 13.2. The first-order valence-electron chi connectivity index (χ1n) is 7.62. The van der Waals surface area contributed by atoms with Crippen molar-refractivity contribution in [2.75, 3.05) is 11.6 Å². The Morgan fingerprint density at radius 3 is 2.35 bits per heavy atom. The summed E-state index contributed by atoms with van der Waals surface area (Å²) in [6, 6.07) is 13.7. The van der Waals surface area contributed by atoms with Crippen molar-refractivity contribution >= 4 is 23.4 Å². The van der Waals surface area contributed by atoms with E-state index in [1.165, 1.54) is 12.1 Å². The zero-order chi connectivity index (χ0) is 16.2. The van der Waals surface area contributed by atoms with Gasteiger partial charge in [0.25, 0.3) is 0 Å². The third-order valence-electron chi connectivity index (χ3n) is 3.79. The van der Waals surface area contributed by atoms with E-state index in [-0.39, 0.29) is 17.8 Å². The van der Waals surface area contributed by atoms with Gasteiger partial charge in [-0.25, -0.2) is 4.39 Å². The van der Waals surface area contributed by atoms with Crippen LogP contribution in [0.1, 0.15) is 24.4 Å². The Balaban J connectivity index is 1.80. The maximum Gasteiger partial charge on any atom is 0.247 e. The molecule has 1 saturated carbocycles. The molecule has 23 heavy (non-hydrogen) atoms. The average Bonchev–Trinajstić information content (AvgIpc) is 3.38. The monoisotopic (exact) mass is 330 g/mol. The summed E-state index contributed by atoms with van der Waals surface area (Å²) in [4.78, 5) is 13.7. The number of carbonyl (C=O) groups is 1. The van der Waals surface area contributed by atoms with E-state index in [9.17, 15) is 9.18 Å². The van der Waals surface area contributed by atoms with Crippen LogP contribution in [0.25, 0.3) is 0 Å². The highest BCUT2D eigenvalue weighted by Gasteiger charge is 2.28. The molecule has 1 aliphatic rings. The van der Waals surface area contributed by atoms with Crippen molar-refractivity contribution in [2.24, 2.45) is 0 Å². The van der Waals surface area contributed by atoms with Gasteiger partial charge in [-0.05, 0) is 61.1 Å². The van der Waals surface area contributed by atoms with E-state index in [0.717, 1.165) is 29.0 Å². The molecule has 2 aromatic carbocycles. The minimum atomic E-state index is -0.531. The first kappa shape index (κ1) is 15.9. The molecule has 0 aromatic heterocycles. The third kappa shape index (κ3) is 4.26. The number of halogens is 1. The van der Waals surface area contributed by atoms with Crippen molar-refractivity contribution in [3.05, 3.63) is 59.9 Å². The summed E-state index contributed by atoms with van der Waals surface area (Å²) >= 11 is 1.67. The van der Waals surface area contributed by atoms with E-state index in [1.807, 2.05) is 30.5 Å². The fraction of sp³-hybridized carbons (Fsp3) is 0.278. The van der Waals surface area contributed by atoms with Crippen molar-refractivity contribution in [1.29, 1.82) is 0 Å². The number of benzene rings is 2. The van der Waals surface area contributed by atoms with Gasteiger partial charge in [0, 0.05) is 16.6 Å². The molecule has 0 unspecified atom stereocenters. The second kappa shape index (κ2) is 7.04. The molecule has 1 aliphatic carbocycles. The van der Waals surface area contributed by atoms with E-state index in [4.69, 9.17) is 0 Å². The Labute approximate surface area is 139 Å². The molecule has 0 saturated heterocycles. The molecule has 1 amide bonds. The van der Waals surface area contributed by atoms with Crippen molar-refractivity contribution in [3.63, 3.8) is 0 Å². The lowest BCUT2D eigenvalue weighted by Gasteiger charge is -2.20. The van der Waals surface area contributed by atoms with E-state index in [0.29, 0.717) is 0 Å². The predicted molar refractivity (Wildman–Crippen MR) is 92.2 cm³/mol. The summed E-state index contributed by atoms with van der Waals surface area (Å²) < 4.78 is 13.2. The van der Waals surface area contributed by atoms with Gasteiger partial charge < -0.3 is 10.6 Å². The highest BCUT2D eigenvalue weighted by Crippen LogP contribution is 2.25. The molecule has 0 spiro atoms. The number of nitrogens with one attached hydrogen (secondary N) is 2. The van der Waals surface area contributed by atoms with Gasteiger partial charge in [-0.3, -0.25) is 4.79 Å². The van der Waals surface area contributed by atoms with E-state index < -0.39 is 6.04 Å². The van der Waals surface area contributed by atoms with Gasteiger partial charge in [-0.15, -0.1) is 11.8 Å². The lowest BCUT2D eigenvalue weighted by molar-refractivity contribution is -0.122. The molecule has 5 heteroatoms. The molecule has 120 valence electrons. The van der Waals surface area contributed by atoms with Crippen molar-refractivity contribution in [3.8, 4) is 0 Å². The van der Waals surface area contributed by atoms with Crippen LogP contribution in [-0.4, -0.2) is 18.2 Å². The van der Waals surface area contributed by atoms with Gasteiger partial charge in [-0.1, -0.05) is 12.1 Å². The van der Waals surface area contributed by atoms with Crippen LogP contribution in [-0.2, 0) is 4.79 Å². The molecule has 2 aromatic rings. The second-order valence-electron chi connectivity index (χ2n) is 5.64. The van der Waals surface area contributed by atoms with Gasteiger partial charge in [0.2, 0.25) is 5.91 Å². The second-order valence-corrected chi connectivity index (χ2v) is 6.52. The van der Waals surface area contributed by atoms with E-state index >= 15 is 0 Å².